The van der Waals surface area contributed by atoms with Crippen LogP contribution in [-0.4, -0.2) is 11.0 Å². The number of benzene rings is 1. The normalized spacial score (nSPS) is 14.3. The van der Waals surface area contributed by atoms with Gasteiger partial charge in [-0.2, -0.15) is 0 Å². The van der Waals surface area contributed by atoms with Crippen LogP contribution in [0.5, 0.6) is 0 Å². The molecule has 0 spiro atoms. The molecule has 3 rings (SSSR count). The summed E-state index contributed by atoms with van der Waals surface area (Å²) in [6, 6.07) is 9.40. The van der Waals surface area contributed by atoms with Gasteiger partial charge in [0.25, 0.3) is 5.91 Å². The lowest BCUT2D eigenvalue weighted by Crippen LogP contribution is -2.11. The van der Waals surface area contributed by atoms with Gasteiger partial charge in [-0.3, -0.25) is 4.79 Å². The molecule has 0 aliphatic heterocycles. The summed E-state index contributed by atoms with van der Waals surface area (Å²) in [6.45, 7) is -0.0720. The van der Waals surface area contributed by atoms with Crippen LogP contribution < -0.4 is 5.32 Å². The zero-order valence-corrected chi connectivity index (χ0v) is 12.7. The van der Waals surface area contributed by atoms with Crippen molar-refractivity contribution in [3.8, 4) is 0 Å². The van der Waals surface area contributed by atoms with Crippen LogP contribution in [0, 0.1) is 0 Å². The van der Waals surface area contributed by atoms with Crippen LogP contribution in [0.2, 0.25) is 0 Å². The number of rotatable bonds is 3. The SMILES string of the molecule is O=C(Nc1ccccc1CO)c1cc2c(s1)CCCCC2. The van der Waals surface area contributed by atoms with Crippen molar-refractivity contribution in [3.63, 3.8) is 0 Å². The van der Waals surface area contributed by atoms with Crippen molar-refractivity contribution in [2.24, 2.45) is 0 Å². The number of aliphatic hydroxyl groups excluding tert-OH is 1. The lowest BCUT2D eigenvalue weighted by molar-refractivity contribution is 0.103. The summed E-state index contributed by atoms with van der Waals surface area (Å²) in [5.41, 5.74) is 2.77. The second kappa shape index (κ2) is 6.41. The average molecular weight is 301 g/mol. The molecule has 0 saturated heterocycles. The molecule has 1 aliphatic carbocycles. The molecule has 2 N–H and O–H groups in total. The Morgan fingerprint density at radius 3 is 2.86 bits per heavy atom. The maximum absolute atomic E-state index is 12.4. The summed E-state index contributed by atoms with van der Waals surface area (Å²) in [7, 11) is 0. The molecule has 1 aromatic carbocycles. The van der Waals surface area contributed by atoms with Crippen LogP contribution in [0.1, 0.15) is 44.9 Å². The minimum Gasteiger partial charge on any atom is -0.392 e. The fourth-order valence-electron chi connectivity index (χ4n) is 2.74. The Bertz CT molecular complexity index is 624. The van der Waals surface area contributed by atoms with E-state index in [0.29, 0.717) is 5.69 Å². The first kappa shape index (κ1) is 14.3. The van der Waals surface area contributed by atoms with E-state index in [1.54, 1.807) is 11.3 Å². The van der Waals surface area contributed by atoms with E-state index in [1.165, 1.54) is 29.7 Å². The van der Waals surface area contributed by atoms with Crippen molar-refractivity contribution in [2.45, 2.75) is 38.7 Å². The first-order chi connectivity index (χ1) is 10.3. The number of nitrogens with one attached hydrogen (secondary N) is 1. The van der Waals surface area contributed by atoms with Crippen molar-refractivity contribution in [2.75, 3.05) is 5.32 Å². The third-order valence-corrected chi connectivity index (χ3v) is 5.14. The molecule has 1 aromatic heterocycles. The van der Waals surface area contributed by atoms with E-state index in [1.807, 2.05) is 30.3 Å². The third-order valence-electron chi connectivity index (χ3n) is 3.91. The van der Waals surface area contributed by atoms with Crippen molar-refractivity contribution in [1.29, 1.82) is 0 Å². The molecule has 1 amide bonds. The molecule has 1 heterocycles. The average Bonchev–Trinajstić information content (AvgIpc) is 2.79. The summed E-state index contributed by atoms with van der Waals surface area (Å²) in [5, 5.41) is 12.2. The molecule has 0 unspecified atom stereocenters. The lowest BCUT2D eigenvalue weighted by atomic mass is 10.1. The van der Waals surface area contributed by atoms with Gasteiger partial charge >= 0.3 is 0 Å². The van der Waals surface area contributed by atoms with Crippen molar-refractivity contribution in [3.05, 3.63) is 51.2 Å². The van der Waals surface area contributed by atoms with Gasteiger partial charge in [0.15, 0.2) is 0 Å². The largest absolute Gasteiger partial charge is 0.392 e. The van der Waals surface area contributed by atoms with E-state index in [2.05, 4.69) is 5.32 Å². The highest BCUT2D eigenvalue weighted by Crippen LogP contribution is 2.29. The maximum Gasteiger partial charge on any atom is 0.265 e. The fraction of sp³-hybridized carbons (Fsp3) is 0.353. The quantitative estimate of drug-likeness (QED) is 0.848. The molecule has 0 radical (unpaired) electrons. The fourth-order valence-corrected chi connectivity index (χ4v) is 3.89. The van der Waals surface area contributed by atoms with Gasteiger partial charge in [0.2, 0.25) is 0 Å². The molecular weight excluding hydrogens is 282 g/mol. The minimum atomic E-state index is -0.0750. The highest BCUT2D eigenvalue weighted by atomic mass is 32.1. The number of thiophene rings is 1. The van der Waals surface area contributed by atoms with Gasteiger partial charge in [-0.05, 0) is 43.4 Å². The van der Waals surface area contributed by atoms with E-state index in [0.717, 1.165) is 23.3 Å². The van der Waals surface area contributed by atoms with E-state index in [4.69, 9.17) is 0 Å². The third kappa shape index (κ3) is 3.17. The predicted molar refractivity (Wildman–Crippen MR) is 85.9 cm³/mol. The Morgan fingerprint density at radius 2 is 2.00 bits per heavy atom. The standard InChI is InChI=1S/C17H19NO2S/c19-11-13-7-4-5-8-14(13)18-17(20)16-10-12-6-2-1-3-9-15(12)21-16/h4-5,7-8,10,19H,1-3,6,9,11H2,(H,18,20). The number of hydrogen-bond acceptors (Lipinski definition) is 3. The smallest absolute Gasteiger partial charge is 0.265 e. The van der Waals surface area contributed by atoms with Gasteiger partial charge in [0.05, 0.1) is 11.5 Å². The number of aliphatic hydroxyl groups is 1. The number of carbonyl (C=O) groups excluding carboxylic acids is 1. The number of amides is 1. The van der Waals surface area contributed by atoms with E-state index >= 15 is 0 Å². The lowest BCUT2D eigenvalue weighted by Gasteiger charge is -2.08. The first-order valence-corrected chi connectivity index (χ1v) is 8.21. The Balaban J connectivity index is 1.79. The van der Waals surface area contributed by atoms with Crippen molar-refractivity contribution < 1.29 is 9.90 Å². The second-order valence-corrected chi connectivity index (χ2v) is 6.53. The second-order valence-electron chi connectivity index (χ2n) is 5.39. The van der Waals surface area contributed by atoms with Gasteiger partial charge in [-0.1, -0.05) is 24.6 Å². The number of carbonyl (C=O) groups is 1. The summed E-state index contributed by atoms with van der Waals surface area (Å²) in [5.74, 6) is -0.0750. The van der Waals surface area contributed by atoms with E-state index < -0.39 is 0 Å². The molecule has 0 atom stereocenters. The van der Waals surface area contributed by atoms with Crippen LogP contribution in [0.3, 0.4) is 0 Å². The number of anilines is 1. The highest BCUT2D eigenvalue weighted by molar-refractivity contribution is 7.14. The number of hydrogen-bond donors (Lipinski definition) is 2. The van der Waals surface area contributed by atoms with E-state index in [-0.39, 0.29) is 12.5 Å². The monoisotopic (exact) mass is 301 g/mol. The highest BCUT2D eigenvalue weighted by Gasteiger charge is 2.17. The Kier molecular flexibility index (Phi) is 4.36. The van der Waals surface area contributed by atoms with Gasteiger partial charge in [0, 0.05) is 16.1 Å². The van der Waals surface area contributed by atoms with Gasteiger partial charge in [0.1, 0.15) is 0 Å². The van der Waals surface area contributed by atoms with Crippen molar-refractivity contribution >= 4 is 22.9 Å². The topological polar surface area (TPSA) is 49.3 Å². The molecule has 4 heteroatoms. The Hall–Kier alpha value is -1.65. The Labute approximate surface area is 128 Å². The van der Waals surface area contributed by atoms with Crippen LogP contribution in [0.25, 0.3) is 0 Å². The van der Waals surface area contributed by atoms with Crippen LogP contribution in [0.15, 0.2) is 30.3 Å². The minimum absolute atomic E-state index is 0.0720. The van der Waals surface area contributed by atoms with Crippen molar-refractivity contribution in [1.82, 2.24) is 0 Å². The number of para-hydroxylation sites is 1. The molecule has 3 nitrogen and oxygen atoms in total. The van der Waals surface area contributed by atoms with Crippen LogP contribution in [0.4, 0.5) is 5.69 Å². The molecule has 0 saturated carbocycles. The molecule has 21 heavy (non-hydrogen) atoms. The van der Waals surface area contributed by atoms with Gasteiger partial charge in [-0.15, -0.1) is 11.3 Å². The van der Waals surface area contributed by atoms with Gasteiger partial charge in [-0.25, -0.2) is 0 Å². The first-order valence-electron chi connectivity index (χ1n) is 7.39. The zero-order valence-electron chi connectivity index (χ0n) is 11.9. The summed E-state index contributed by atoms with van der Waals surface area (Å²) in [4.78, 5) is 14.5. The summed E-state index contributed by atoms with van der Waals surface area (Å²) < 4.78 is 0. The van der Waals surface area contributed by atoms with Crippen LogP contribution >= 0.6 is 11.3 Å². The molecule has 110 valence electrons. The number of fused-ring (bicyclic) bond motifs is 1. The summed E-state index contributed by atoms with van der Waals surface area (Å²) >= 11 is 1.61. The summed E-state index contributed by atoms with van der Waals surface area (Å²) in [6.07, 6.45) is 5.92. The Morgan fingerprint density at radius 1 is 1.19 bits per heavy atom. The van der Waals surface area contributed by atoms with Crippen LogP contribution in [-0.2, 0) is 19.4 Å². The zero-order chi connectivity index (χ0) is 14.7. The number of aryl methyl sites for hydroxylation is 2. The maximum atomic E-state index is 12.4. The van der Waals surface area contributed by atoms with E-state index in [9.17, 15) is 9.90 Å². The molecule has 0 bridgehead atoms. The predicted octanol–water partition coefficient (Wildman–Crippen LogP) is 3.76. The molecule has 2 aromatic rings. The molecule has 1 aliphatic rings. The molecule has 0 fully saturated rings. The van der Waals surface area contributed by atoms with Gasteiger partial charge < -0.3 is 10.4 Å². The molecular formula is C17H19NO2S.